The summed E-state index contributed by atoms with van der Waals surface area (Å²) in [5, 5.41) is 4.07. The van der Waals surface area contributed by atoms with Crippen molar-refractivity contribution in [1.82, 2.24) is 10.1 Å². The first-order valence-corrected chi connectivity index (χ1v) is 8.01. The summed E-state index contributed by atoms with van der Waals surface area (Å²) in [5.74, 6) is 2.62. The van der Waals surface area contributed by atoms with Gasteiger partial charge in [-0.25, -0.2) is 0 Å². The van der Waals surface area contributed by atoms with E-state index in [2.05, 4.69) is 16.1 Å². The van der Waals surface area contributed by atoms with E-state index < -0.39 is 0 Å². The standard InChI is InChI=1S/C18H24N2O3/c1-12-16(13(2)23-19-12)11-20-9-5-6-17(20)15-8-7-14(21-3)10-18(15)22-4/h7-8,10,17H,5-6,9,11H2,1-4H3/t17-/m0/s1. The van der Waals surface area contributed by atoms with Crippen molar-refractivity contribution in [3.8, 4) is 11.5 Å². The van der Waals surface area contributed by atoms with Crippen molar-refractivity contribution in [2.75, 3.05) is 20.8 Å². The van der Waals surface area contributed by atoms with Gasteiger partial charge >= 0.3 is 0 Å². The highest BCUT2D eigenvalue weighted by Crippen LogP contribution is 2.39. The van der Waals surface area contributed by atoms with Gasteiger partial charge in [0.1, 0.15) is 17.3 Å². The van der Waals surface area contributed by atoms with E-state index >= 15 is 0 Å². The number of likely N-dealkylation sites (tertiary alicyclic amines) is 1. The Morgan fingerprint density at radius 3 is 2.74 bits per heavy atom. The first-order valence-electron chi connectivity index (χ1n) is 8.01. The zero-order valence-electron chi connectivity index (χ0n) is 14.3. The van der Waals surface area contributed by atoms with E-state index in [1.807, 2.05) is 26.0 Å². The van der Waals surface area contributed by atoms with Crippen molar-refractivity contribution in [1.29, 1.82) is 0 Å². The van der Waals surface area contributed by atoms with Gasteiger partial charge in [0.05, 0.1) is 19.9 Å². The maximum atomic E-state index is 5.59. The van der Waals surface area contributed by atoms with E-state index in [-0.39, 0.29) is 0 Å². The normalized spacial score (nSPS) is 18.3. The van der Waals surface area contributed by atoms with E-state index in [0.717, 1.165) is 42.5 Å². The van der Waals surface area contributed by atoms with Gasteiger partial charge in [0.15, 0.2) is 0 Å². The monoisotopic (exact) mass is 316 g/mol. The number of aromatic nitrogens is 1. The number of aryl methyl sites for hydroxylation is 2. The molecule has 5 heteroatoms. The molecule has 1 aliphatic rings. The van der Waals surface area contributed by atoms with Crippen LogP contribution in [0.5, 0.6) is 11.5 Å². The second-order valence-corrected chi connectivity index (χ2v) is 6.04. The van der Waals surface area contributed by atoms with Crippen LogP contribution in [0.25, 0.3) is 0 Å². The summed E-state index contributed by atoms with van der Waals surface area (Å²) >= 11 is 0. The zero-order valence-corrected chi connectivity index (χ0v) is 14.3. The molecule has 1 fully saturated rings. The van der Waals surface area contributed by atoms with E-state index in [1.165, 1.54) is 17.5 Å². The average molecular weight is 316 g/mol. The first kappa shape index (κ1) is 15.9. The first-order chi connectivity index (χ1) is 11.1. The zero-order chi connectivity index (χ0) is 16.4. The SMILES string of the molecule is COc1ccc([C@@H]2CCCN2Cc2c(C)noc2C)c(OC)c1. The molecule has 124 valence electrons. The van der Waals surface area contributed by atoms with Gasteiger partial charge in [-0.15, -0.1) is 0 Å². The van der Waals surface area contributed by atoms with Crippen LogP contribution in [0.3, 0.4) is 0 Å². The fourth-order valence-electron chi connectivity index (χ4n) is 3.39. The Balaban J connectivity index is 1.87. The average Bonchev–Trinajstić information content (AvgIpc) is 3.16. The molecule has 0 saturated carbocycles. The molecule has 0 spiro atoms. The van der Waals surface area contributed by atoms with Crippen LogP contribution in [0.1, 0.15) is 41.5 Å². The number of rotatable bonds is 5. The summed E-state index contributed by atoms with van der Waals surface area (Å²) in [6.45, 7) is 5.92. The van der Waals surface area contributed by atoms with E-state index in [0.29, 0.717) is 6.04 Å². The molecule has 0 bridgehead atoms. The molecule has 5 nitrogen and oxygen atoms in total. The summed E-state index contributed by atoms with van der Waals surface area (Å²) in [6, 6.07) is 6.43. The van der Waals surface area contributed by atoms with Crippen molar-refractivity contribution in [2.24, 2.45) is 0 Å². The fraction of sp³-hybridized carbons (Fsp3) is 0.500. The molecule has 0 aliphatic carbocycles. The highest BCUT2D eigenvalue weighted by Gasteiger charge is 2.29. The second-order valence-electron chi connectivity index (χ2n) is 6.04. The molecule has 0 radical (unpaired) electrons. The van der Waals surface area contributed by atoms with Crippen molar-refractivity contribution >= 4 is 0 Å². The molecular formula is C18H24N2O3. The number of hydrogen-bond acceptors (Lipinski definition) is 5. The third-order valence-corrected chi connectivity index (χ3v) is 4.71. The lowest BCUT2D eigenvalue weighted by atomic mass is 10.0. The summed E-state index contributed by atoms with van der Waals surface area (Å²) in [4.78, 5) is 2.48. The number of methoxy groups -OCH3 is 2. The molecule has 3 rings (SSSR count). The molecule has 1 atom stereocenters. The molecule has 1 saturated heterocycles. The van der Waals surface area contributed by atoms with Gasteiger partial charge in [0.25, 0.3) is 0 Å². The Morgan fingerprint density at radius 1 is 1.26 bits per heavy atom. The lowest BCUT2D eigenvalue weighted by molar-refractivity contribution is 0.241. The number of hydrogen-bond donors (Lipinski definition) is 0. The quantitative estimate of drug-likeness (QED) is 0.842. The molecule has 2 aromatic rings. The molecule has 2 heterocycles. The van der Waals surface area contributed by atoms with Gasteiger partial charge in [0, 0.05) is 29.8 Å². The fourth-order valence-corrected chi connectivity index (χ4v) is 3.39. The minimum absolute atomic E-state index is 0.351. The van der Waals surface area contributed by atoms with E-state index in [9.17, 15) is 0 Å². The van der Waals surface area contributed by atoms with Crippen LogP contribution in [0.15, 0.2) is 22.7 Å². The van der Waals surface area contributed by atoms with Crippen LogP contribution in [0, 0.1) is 13.8 Å². The summed E-state index contributed by atoms with van der Waals surface area (Å²) < 4.78 is 16.2. The molecule has 0 N–H and O–H groups in total. The second kappa shape index (κ2) is 6.62. The van der Waals surface area contributed by atoms with E-state index in [4.69, 9.17) is 14.0 Å². The third kappa shape index (κ3) is 3.06. The molecular weight excluding hydrogens is 292 g/mol. The Labute approximate surface area is 137 Å². The topological polar surface area (TPSA) is 47.7 Å². The van der Waals surface area contributed by atoms with Gasteiger partial charge in [-0.1, -0.05) is 11.2 Å². The minimum atomic E-state index is 0.351. The predicted molar refractivity (Wildman–Crippen MR) is 87.9 cm³/mol. The number of benzene rings is 1. The molecule has 1 aromatic carbocycles. The van der Waals surface area contributed by atoms with Crippen molar-refractivity contribution in [2.45, 2.75) is 39.3 Å². The predicted octanol–water partition coefficient (Wildman–Crippen LogP) is 3.65. The number of nitrogens with zero attached hydrogens (tertiary/aromatic N) is 2. The van der Waals surface area contributed by atoms with Gasteiger partial charge in [-0.05, 0) is 39.3 Å². The van der Waals surface area contributed by atoms with Crippen molar-refractivity contribution in [3.05, 3.63) is 40.8 Å². The van der Waals surface area contributed by atoms with Crippen LogP contribution in [0.4, 0.5) is 0 Å². The maximum Gasteiger partial charge on any atom is 0.138 e. The van der Waals surface area contributed by atoms with Gasteiger partial charge in [-0.3, -0.25) is 4.90 Å². The van der Waals surface area contributed by atoms with Crippen LogP contribution < -0.4 is 9.47 Å². The maximum absolute atomic E-state index is 5.59. The van der Waals surface area contributed by atoms with Crippen LogP contribution in [-0.4, -0.2) is 30.8 Å². The molecule has 0 unspecified atom stereocenters. The Bertz CT molecular complexity index is 661. The van der Waals surface area contributed by atoms with Gasteiger partial charge < -0.3 is 14.0 Å². The molecule has 0 amide bonds. The largest absolute Gasteiger partial charge is 0.497 e. The third-order valence-electron chi connectivity index (χ3n) is 4.71. The summed E-state index contributed by atoms with van der Waals surface area (Å²) in [5.41, 5.74) is 3.40. The number of ether oxygens (including phenoxy) is 2. The molecule has 1 aliphatic heterocycles. The van der Waals surface area contributed by atoms with E-state index in [1.54, 1.807) is 14.2 Å². The minimum Gasteiger partial charge on any atom is -0.497 e. The Hall–Kier alpha value is -2.01. The Kier molecular flexibility index (Phi) is 4.57. The summed E-state index contributed by atoms with van der Waals surface area (Å²) in [6.07, 6.45) is 2.31. The van der Waals surface area contributed by atoms with Gasteiger partial charge in [-0.2, -0.15) is 0 Å². The van der Waals surface area contributed by atoms with Crippen LogP contribution >= 0.6 is 0 Å². The Morgan fingerprint density at radius 2 is 2.09 bits per heavy atom. The van der Waals surface area contributed by atoms with Gasteiger partial charge in [0.2, 0.25) is 0 Å². The van der Waals surface area contributed by atoms with Crippen LogP contribution in [0.2, 0.25) is 0 Å². The smallest absolute Gasteiger partial charge is 0.138 e. The highest BCUT2D eigenvalue weighted by molar-refractivity contribution is 5.43. The molecule has 23 heavy (non-hydrogen) atoms. The van der Waals surface area contributed by atoms with Crippen LogP contribution in [-0.2, 0) is 6.54 Å². The lowest BCUT2D eigenvalue weighted by Crippen LogP contribution is -2.23. The lowest BCUT2D eigenvalue weighted by Gasteiger charge is -2.26. The molecule has 1 aromatic heterocycles. The van der Waals surface area contributed by atoms with Crippen molar-refractivity contribution < 1.29 is 14.0 Å². The highest BCUT2D eigenvalue weighted by atomic mass is 16.5. The summed E-state index contributed by atoms with van der Waals surface area (Å²) in [7, 11) is 3.39. The van der Waals surface area contributed by atoms with Crippen molar-refractivity contribution in [3.63, 3.8) is 0 Å².